The van der Waals surface area contributed by atoms with Crippen molar-refractivity contribution in [2.45, 2.75) is 120 Å². The van der Waals surface area contributed by atoms with Gasteiger partial charge in [0.1, 0.15) is 0 Å². The first-order valence-corrected chi connectivity index (χ1v) is 15.7. The molecule has 220 valence electrons. The fraction of sp³-hybridized carbons (Fsp3) is 0.541. The van der Waals surface area contributed by atoms with E-state index < -0.39 is 0 Å². The van der Waals surface area contributed by atoms with Crippen LogP contribution in [-0.2, 0) is 41.5 Å². The first-order valence-electron chi connectivity index (χ1n) is 14.4. The Kier molecular flexibility index (Phi) is 15.4. The Morgan fingerprint density at radius 3 is 1.77 bits per heavy atom. The maximum absolute atomic E-state index is 3.57. The fourth-order valence-corrected chi connectivity index (χ4v) is 4.84. The summed E-state index contributed by atoms with van der Waals surface area (Å²) in [5.74, 6) is 0.573. The predicted molar refractivity (Wildman–Crippen MR) is 166 cm³/mol. The van der Waals surface area contributed by atoms with Crippen LogP contribution < -0.4 is 24.8 Å². The van der Waals surface area contributed by atoms with E-state index in [0.29, 0.717) is 11.3 Å². The Bertz CT molecular complexity index is 1130. The van der Waals surface area contributed by atoms with E-state index in [4.69, 9.17) is 0 Å². The van der Waals surface area contributed by atoms with Gasteiger partial charge >= 0.3 is 41.3 Å². The zero-order valence-corrected chi connectivity index (χ0v) is 31.4. The van der Waals surface area contributed by atoms with Gasteiger partial charge in [-0.25, -0.2) is 5.57 Å². The van der Waals surface area contributed by atoms with E-state index in [2.05, 4.69) is 139 Å². The summed E-state index contributed by atoms with van der Waals surface area (Å²) in [4.78, 5) is 0. The standard InChI is InChI=1S/C21H25.C13H21.C3H6.2ClH.Zr/c1-20(2,3)16-9-7-14-11-15-8-10-17(21(4,5)6)13-19(15)18(14)12-16;1-6-10-8-11(7-2)12(9-10)13(3,4)5;1-3-2;;;/h7,9-10,12-13H,11H2,1-6H3;9-10H,6-7H2,1-5H3;1-2H3;2*1H;/q2*-1;;;;+2/p-2. The van der Waals surface area contributed by atoms with Crippen molar-refractivity contribution in [2.24, 2.45) is 11.3 Å². The average molecular weight is 659 g/mol. The SMILES string of the molecule is CC(C)(C)c1c[c-]c2c(c1)-c1cc(C(C)(C)C)ccc1C2.CCC1=[C-]C(CC)C=C1C(C)(C)C.C[C](C)=[Zr+2].[Cl-].[Cl-]. The molecule has 0 heterocycles. The molecule has 2 aliphatic rings. The molecule has 0 aromatic heterocycles. The first kappa shape index (κ1) is 39.3. The Labute approximate surface area is 275 Å². The summed E-state index contributed by atoms with van der Waals surface area (Å²) in [5.41, 5.74) is 12.0. The van der Waals surface area contributed by atoms with Crippen LogP contribution in [-0.4, -0.2) is 3.21 Å². The Balaban J connectivity index is 0.000000692. The zero-order chi connectivity index (χ0) is 29.1. The minimum absolute atomic E-state index is 0. The molecule has 0 aliphatic heterocycles. The van der Waals surface area contributed by atoms with Crippen LogP contribution >= 0.6 is 0 Å². The van der Waals surface area contributed by atoms with Gasteiger partial charge in [-0.2, -0.15) is 41.0 Å². The van der Waals surface area contributed by atoms with Gasteiger partial charge in [0.25, 0.3) is 0 Å². The monoisotopic (exact) mass is 656 g/mol. The molecule has 4 rings (SSSR count). The molecule has 0 nitrogen and oxygen atoms in total. The maximum atomic E-state index is 3.57. The molecular formula is C37H52Cl2Zr-2. The van der Waals surface area contributed by atoms with E-state index >= 15 is 0 Å². The van der Waals surface area contributed by atoms with Crippen molar-refractivity contribution >= 4 is 3.21 Å². The number of rotatable bonds is 2. The second-order valence-electron chi connectivity index (χ2n) is 14.2. The molecule has 0 bridgehead atoms. The number of allylic oxidation sites excluding steroid dienone is 4. The molecule has 0 spiro atoms. The summed E-state index contributed by atoms with van der Waals surface area (Å²) in [7, 11) is 0. The average Bonchev–Trinajstić information content (AvgIpc) is 3.38. The van der Waals surface area contributed by atoms with Gasteiger partial charge in [-0.15, -0.1) is 5.56 Å². The van der Waals surface area contributed by atoms with Crippen molar-refractivity contribution in [3.8, 4) is 11.1 Å². The smallest absolute Gasteiger partial charge is 1.00 e. The summed E-state index contributed by atoms with van der Waals surface area (Å²) >= 11 is 1.55. The van der Waals surface area contributed by atoms with Gasteiger partial charge in [0, 0.05) is 0 Å². The molecule has 1 atom stereocenters. The van der Waals surface area contributed by atoms with Crippen LogP contribution in [0.25, 0.3) is 11.1 Å². The Hall–Kier alpha value is -0.747. The molecule has 0 amide bonds. The van der Waals surface area contributed by atoms with Crippen molar-refractivity contribution in [2.75, 3.05) is 0 Å². The molecule has 0 saturated carbocycles. The predicted octanol–water partition coefficient (Wildman–Crippen LogP) is 4.54. The minimum Gasteiger partial charge on any atom is -1.00 e. The number of fused-ring (bicyclic) bond motifs is 3. The quantitative estimate of drug-likeness (QED) is 0.355. The van der Waals surface area contributed by atoms with Gasteiger partial charge in [-0.05, 0) is 17.4 Å². The molecule has 3 heteroatoms. The van der Waals surface area contributed by atoms with Crippen LogP contribution in [0.5, 0.6) is 0 Å². The van der Waals surface area contributed by atoms with Crippen LogP contribution in [0.1, 0.15) is 125 Å². The van der Waals surface area contributed by atoms with Crippen molar-refractivity contribution in [1.82, 2.24) is 0 Å². The topological polar surface area (TPSA) is 0 Å². The molecule has 2 aliphatic carbocycles. The van der Waals surface area contributed by atoms with Crippen LogP contribution in [0.15, 0.2) is 47.6 Å². The second-order valence-corrected chi connectivity index (χ2v) is 16.6. The molecule has 2 aromatic carbocycles. The number of hydrogen-bond acceptors (Lipinski definition) is 0. The maximum Gasteiger partial charge on any atom is -1.00 e. The minimum atomic E-state index is 0. The number of benzene rings is 2. The van der Waals surface area contributed by atoms with E-state index in [9.17, 15) is 0 Å². The Morgan fingerprint density at radius 1 is 0.825 bits per heavy atom. The summed E-state index contributed by atoms with van der Waals surface area (Å²) in [6.07, 6.45) is 9.31. The summed E-state index contributed by atoms with van der Waals surface area (Å²) in [5, 5.41) is 0. The normalized spacial score (nSPS) is 15.5. The van der Waals surface area contributed by atoms with Gasteiger partial charge in [-0.1, -0.05) is 135 Å². The van der Waals surface area contributed by atoms with E-state index in [1.807, 2.05) is 0 Å². The third-order valence-corrected chi connectivity index (χ3v) is 7.18. The van der Waals surface area contributed by atoms with Crippen molar-refractivity contribution < 1.29 is 49.0 Å². The van der Waals surface area contributed by atoms with Gasteiger partial charge in [0.15, 0.2) is 0 Å². The molecule has 2 aromatic rings. The summed E-state index contributed by atoms with van der Waals surface area (Å²) in [6, 6.07) is 15.1. The van der Waals surface area contributed by atoms with Gasteiger partial charge in [-0.3, -0.25) is 6.08 Å². The molecule has 1 unspecified atom stereocenters. The molecule has 0 N–H and O–H groups in total. The number of hydrogen-bond donors (Lipinski definition) is 0. The largest absolute Gasteiger partial charge is 1.00 e. The third-order valence-electron chi connectivity index (χ3n) is 7.18. The first-order chi connectivity index (χ1) is 17.4. The number of halogens is 2. The molecule has 0 saturated heterocycles. The molecule has 0 fully saturated rings. The van der Waals surface area contributed by atoms with Crippen LogP contribution in [0, 0.1) is 23.5 Å². The van der Waals surface area contributed by atoms with Gasteiger partial charge in [0.05, 0.1) is 0 Å². The summed E-state index contributed by atoms with van der Waals surface area (Å²) < 4.78 is 1.51. The summed E-state index contributed by atoms with van der Waals surface area (Å²) in [6.45, 7) is 29.2. The third kappa shape index (κ3) is 10.8. The van der Waals surface area contributed by atoms with Crippen LogP contribution in [0.2, 0.25) is 0 Å². The van der Waals surface area contributed by atoms with Crippen LogP contribution in [0.3, 0.4) is 0 Å². The van der Waals surface area contributed by atoms with Crippen molar-refractivity contribution in [3.05, 3.63) is 82.0 Å². The van der Waals surface area contributed by atoms with Crippen molar-refractivity contribution in [1.29, 1.82) is 0 Å². The molecule has 0 radical (unpaired) electrons. The van der Waals surface area contributed by atoms with E-state index in [0.717, 1.165) is 12.8 Å². The van der Waals surface area contributed by atoms with Crippen LogP contribution in [0.4, 0.5) is 0 Å². The zero-order valence-electron chi connectivity index (χ0n) is 27.4. The van der Waals surface area contributed by atoms with Crippen molar-refractivity contribution in [3.63, 3.8) is 0 Å². The molecule has 40 heavy (non-hydrogen) atoms. The van der Waals surface area contributed by atoms with E-state index in [1.165, 1.54) is 54.2 Å². The van der Waals surface area contributed by atoms with Gasteiger partial charge < -0.3 is 24.8 Å². The molecular weight excluding hydrogens is 607 g/mol. The van der Waals surface area contributed by atoms with E-state index in [1.54, 1.807) is 24.2 Å². The van der Waals surface area contributed by atoms with E-state index in [-0.39, 0.29) is 35.6 Å². The fourth-order valence-electron chi connectivity index (χ4n) is 4.84. The van der Waals surface area contributed by atoms with Gasteiger partial charge in [0.2, 0.25) is 0 Å². The second kappa shape index (κ2) is 15.6. The Morgan fingerprint density at radius 2 is 1.35 bits per heavy atom.